The molecule has 0 aliphatic heterocycles. The van der Waals surface area contributed by atoms with Crippen LogP contribution in [0.1, 0.15) is 53.3 Å². The minimum Gasteiger partial charge on any atom is -0.310 e. The predicted octanol–water partition coefficient (Wildman–Crippen LogP) is 4.08. The lowest BCUT2D eigenvalue weighted by Crippen LogP contribution is -2.26. The standard InChI is InChI=1S/C19H24N2/c1-4-20-19(16-8-7-13(2)14(3)12-16)17-10-9-15-6-5-11-21-18(15)17/h5-8,11-12,17,19-20H,4,9-10H2,1-3H3. The zero-order valence-electron chi connectivity index (χ0n) is 13.2. The van der Waals surface area contributed by atoms with Gasteiger partial charge >= 0.3 is 0 Å². The normalized spacial score (nSPS) is 18.5. The lowest BCUT2D eigenvalue weighted by atomic mass is 9.89. The largest absolute Gasteiger partial charge is 0.310 e. The van der Waals surface area contributed by atoms with Gasteiger partial charge in [0.25, 0.3) is 0 Å². The minimum atomic E-state index is 0.366. The van der Waals surface area contributed by atoms with E-state index >= 15 is 0 Å². The molecule has 21 heavy (non-hydrogen) atoms. The molecule has 0 amide bonds. The molecule has 1 aliphatic rings. The van der Waals surface area contributed by atoms with E-state index in [0.717, 1.165) is 13.0 Å². The monoisotopic (exact) mass is 280 g/mol. The molecule has 110 valence electrons. The second-order valence-corrected chi connectivity index (χ2v) is 6.07. The molecule has 0 fully saturated rings. The number of aromatic nitrogens is 1. The summed E-state index contributed by atoms with van der Waals surface area (Å²) in [6.07, 6.45) is 4.28. The summed E-state index contributed by atoms with van der Waals surface area (Å²) < 4.78 is 0. The molecule has 1 aromatic heterocycles. The van der Waals surface area contributed by atoms with Gasteiger partial charge in [-0.1, -0.05) is 31.2 Å². The number of rotatable bonds is 4. The van der Waals surface area contributed by atoms with Crippen molar-refractivity contribution in [1.29, 1.82) is 0 Å². The average molecular weight is 280 g/mol. The van der Waals surface area contributed by atoms with Crippen LogP contribution in [-0.2, 0) is 6.42 Å². The van der Waals surface area contributed by atoms with Gasteiger partial charge in [0.05, 0.1) is 0 Å². The second-order valence-electron chi connectivity index (χ2n) is 6.07. The summed E-state index contributed by atoms with van der Waals surface area (Å²) in [5.41, 5.74) is 6.84. The molecule has 0 spiro atoms. The van der Waals surface area contributed by atoms with Gasteiger partial charge in [0.1, 0.15) is 0 Å². The number of benzene rings is 1. The van der Waals surface area contributed by atoms with Gasteiger partial charge in [0.15, 0.2) is 0 Å². The Morgan fingerprint density at radius 3 is 2.86 bits per heavy atom. The fourth-order valence-corrected chi connectivity index (χ4v) is 3.44. The van der Waals surface area contributed by atoms with E-state index in [4.69, 9.17) is 0 Å². The maximum Gasteiger partial charge on any atom is 0.0485 e. The Labute approximate surface area is 127 Å². The van der Waals surface area contributed by atoms with Crippen molar-refractivity contribution in [2.75, 3.05) is 6.54 Å². The summed E-state index contributed by atoms with van der Waals surface area (Å²) in [6.45, 7) is 7.54. The van der Waals surface area contributed by atoms with Crippen molar-refractivity contribution in [2.24, 2.45) is 0 Å². The highest BCUT2D eigenvalue weighted by Crippen LogP contribution is 2.40. The molecule has 2 aromatic rings. The number of hydrogen-bond acceptors (Lipinski definition) is 2. The third-order valence-electron chi connectivity index (χ3n) is 4.72. The maximum absolute atomic E-state index is 4.67. The maximum atomic E-state index is 4.67. The van der Waals surface area contributed by atoms with Crippen LogP contribution in [-0.4, -0.2) is 11.5 Å². The van der Waals surface area contributed by atoms with Crippen molar-refractivity contribution < 1.29 is 0 Å². The molecule has 2 heteroatoms. The van der Waals surface area contributed by atoms with Crippen LogP contribution in [0.5, 0.6) is 0 Å². The number of nitrogens with one attached hydrogen (secondary N) is 1. The van der Waals surface area contributed by atoms with Crippen LogP contribution in [0.3, 0.4) is 0 Å². The lowest BCUT2D eigenvalue weighted by Gasteiger charge is -2.26. The lowest BCUT2D eigenvalue weighted by molar-refractivity contribution is 0.447. The number of hydrogen-bond donors (Lipinski definition) is 1. The van der Waals surface area contributed by atoms with Crippen molar-refractivity contribution in [1.82, 2.24) is 10.3 Å². The van der Waals surface area contributed by atoms with E-state index in [1.54, 1.807) is 0 Å². The van der Waals surface area contributed by atoms with Crippen LogP contribution in [0.4, 0.5) is 0 Å². The van der Waals surface area contributed by atoms with Gasteiger partial charge in [0.2, 0.25) is 0 Å². The highest BCUT2D eigenvalue weighted by atomic mass is 14.9. The first-order valence-corrected chi connectivity index (χ1v) is 7.95. The summed E-state index contributed by atoms with van der Waals surface area (Å²) in [6, 6.07) is 11.5. The van der Waals surface area contributed by atoms with E-state index in [0.29, 0.717) is 12.0 Å². The molecular formula is C19H24N2. The van der Waals surface area contributed by atoms with Crippen LogP contribution in [0.2, 0.25) is 0 Å². The molecule has 2 atom stereocenters. The zero-order chi connectivity index (χ0) is 14.8. The van der Waals surface area contributed by atoms with E-state index in [-0.39, 0.29) is 0 Å². The summed E-state index contributed by atoms with van der Waals surface area (Å²) in [4.78, 5) is 4.67. The van der Waals surface area contributed by atoms with Crippen molar-refractivity contribution in [3.05, 3.63) is 64.5 Å². The number of aryl methyl sites for hydroxylation is 3. The number of likely N-dealkylation sites (N-methyl/N-ethyl adjacent to an activating group) is 1. The molecule has 0 bridgehead atoms. The Kier molecular flexibility index (Phi) is 4.07. The highest BCUT2D eigenvalue weighted by Gasteiger charge is 2.31. The fourth-order valence-electron chi connectivity index (χ4n) is 3.44. The number of fused-ring (bicyclic) bond motifs is 1. The Morgan fingerprint density at radius 1 is 1.24 bits per heavy atom. The number of pyridine rings is 1. The molecule has 0 saturated heterocycles. The van der Waals surface area contributed by atoms with Gasteiger partial charge in [-0.25, -0.2) is 0 Å². The van der Waals surface area contributed by atoms with Gasteiger partial charge in [-0.05, 0) is 61.6 Å². The minimum absolute atomic E-state index is 0.366. The van der Waals surface area contributed by atoms with Crippen molar-refractivity contribution in [3.8, 4) is 0 Å². The van der Waals surface area contributed by atoms with Crippen molar-refractivity contribution >= 4 is 0 Å². The molecule has 1 aliphatic carbocycles. The van der Waals surface area contributed by atoms with Crippen molar-refractivity contribution in [2.45, 2.75) is 45.6 Å². The van der Waals surface area contributed by atoms with Gasteiger partial charge in [0, 0.05) is 23.9 Å². The van der Waals surface area contributed by atoms with Crippen LogP contribution in [0, 0.1) is 13.8 Å². The Morgan fingerprint density at radius 2 is 2.10 bits per heavy atom. The first-order valence-electron chi connectivity index (χ1n) is 7.95. The third-order valence-corrected chi connectivity index (χ3v) is 4.72. The molecule has 1 N–H and O–H groups in total. The molecule has 0 saturated carbocycles. The smallest absolute Gasteiger partial charge is 0.0485 e. The van der Waals surface area contributed by atoms with Gasteiger partial charge in [-0.2, -0.15) is 0 Å². The van der Waals surface area contributed by atoms with E-state index < -0.39 is 0 Å². The predicted molar refractivity (Wildman–Crippen MR) is 87.6 cm³/mol. The summed E-state index contributed by atoms with van der Waals surface area (Å²) in [5.74, 6) is 0.489. The van der Waals surface area contributed by atoms with Crippen LogP contribution >= 0.6 is 0 Å². The van der Waals surface area contributed by atoms with E-state index in [9.17, 15) is 0 Å². The third kappa shape index (κ3) is 2.73. The Bertz CT molecular complexity index is 633. The molecule has 2 unspecified atom stereocenters. The molecule has 1 aromatic carbocycles. The Hall–Kier alpha value is -1.67. The van der Waals surface area contributed by atoms with Crippen LogP contribution < -0.4 is 5.32 Å². The van der Waals surface area contributed by atoms with Crippen LogP contribution in [0.25, 0.3) is 0 Å². The van der Waals surface area contributed by atoms with E-state index in [2.05, 4.69) is 61.4 Å². The quantitative estimate of drug-likeness (QED) is 0.913. The molecule has 3 rings (SSSR count). The number of nitrogens with zero attached hydrogens (tertiary/aromatic N) is 1. The van der Waals surface area contributed by atoms with E-state index in [1.165, 1.54) is 34.4 Å². The van der Waals surface area contributed by atoms with Gasteiger partial charge in [-0.3, -0.25) is 4.98 Å². The Balaban J connectivity index is 1.97. The molecular weight excluding hydrogens is 256 g/mol. The van der Waals surface area contributed by atoms with Gasteiger partial charge in [-0.15, -0.1) is 0 Å². The SMILES string of the molecule is CCNC(c1ccc(C)c(C)c1)C1CCc2cccnc21. The highest BCUT2D eigenvalue weighted by molar-refractivity contribution is 5.37. The second kappa shape index (κ2) is 5.98. The summed E-state index contributed by atoms with van der Waals surface area (Å²) in [7, 11) is 0. The topological polar surface area (TPSA) is 24.9 Å². The fraction of sp³-hybridized carbons (Fsp3) is 0.421. The first-order chi connectivity index (χ1) is 10.2. The summed E-state index contributed by atoms with van der Waals surface area (Å²) in [5, 5.41) is 3.69. The molecule has 2 nitrogen and oxygen atoms in total. The van der Waals surface area contributed by atoms with Crippen LogP contribution in [0.15, 0.2) is 36.5 Å². The van der Waals surface area contributed by atoms with Gasteiger partial charge < -0.3 is 5.32 Å². The molecule has 0 radical (unpaired) electrons. The summed E-state index contributed by atoms with van der Waals surface area (Å²) >= 11 is 0. The molecule has 1 heterocycles. The zero-order valence-corrected chi connectivity index (χ0v) is 13.2. The first kappa shape index (κ1) is 14.3. The van der Waals surface area contributed by atoms with Crippen molar-refractivity contribution in [3.63, 3.8) is 0 Å². The average Bonchev–Trinajstić information content (AvgIpc) is 2.92. The van der Waals surface area contributed by atoms with E-state index in [1.807, 2.05) is 6.20 Å².